The number of aromatic amines is 1. The molecular formula is C14H13FN2S. The van der Waals surface area contributed by atoms with Crippen LogP contribution in [-0.4, -0.2) is 9.97 Å². The van der Waals surface area contributed by atoms with E-state index in [4.69, 9.17) is 12.2 Å². The van der Waals surface area contributed by atoms with E-state index < -0.39 is 0 Å². The fourth-order valence-corrected chi connectivity index (χ4v) is 2.43. The van der Waals surface area contributed by atoms with Gasteiger partial charge in [-0.05, 0) is 42.6 Å². The zero-order valence-electron chi connectivity index (χ0n) is 9.82. The van der Waals surface area contributed by atoms with Crippen LogP contribution in [0.4, 0.5) is 4.39 Å². The van der Waals surface area contributed by atoms with Crippen molar-refractivity contribution in [3.05, 3.63) is 46.6 Å². The van der Waals surface area contributed by atoms with Gasteiger partial charge in [0.15, 0.2) is 10.6 Å². The minimum absolute atomic E-state index is 0.306. The molecule has 1 aromatic carbocycles. The Morgan fingerprint density at radius 3 is 2.89 bits per heavy atom. The van der Waals surface area contributed by atoms with Gasteiger partial charge in [-0.2, -0.15) is 0 Å². The normalized spacial score (nSPS) is 15.4. The minimum Gasteiger partial charge on any atom is -0.328 e. The van der Waals surface area contributed by atoms with Gasteiger partial charge in [0.25, 0.3) is 0 Å². The predicted octanol–water partition coefficient (Wildman–Crippen LogP) is 4.21. The van der Waals surface area contributed by atoms with E-state index in [1.807, 2.05) is 18.2 Å². The summed E-state index contributed by atoms with van der Waals surface area (Å²) in [5, 5.41) is 0. The van der Waals surface area contributed by atoms with Crippen molar-refractivity contribution in [1.82, 2.24) is 9.97 Å². The second-order valence-corrected chi connectivity index (χ2v) is 5.05. The number of benzene rings is 1. The van der Waals surface area contributed by atoms with Gasteiger partial charge < -0.3 is 4.98 Å². The predicted molar refractivity (Wildman–Crippen MR) is 71.4 cm³/mol. The first-order valence-electron chi connectivity index (χ1n) is 6.09. The molecule has 0 unspecified atom stereocenters. The van der Waals surface area contributed by atoms with E-state index in [-0.39, 0.29) is 5.82 Å². The lowest BCUT2D eigenvalue weighted by Gasteiger charge is -2.26. The molecule has 3 rings (SSSR count). The molecule has 0 amide bonds. The lowest BCUT2D eigenvalue weighted by atomic mass is 9.79. The number of hydrogen-bond donors (Lipinski definition) is 1. The summed E-state index contributed by atoms with van der Waals surface area (Å²) in [5.41, 5.74) is 2.55. The van der Waals surface area contributed by atoms with Crippen molar-refractivity contribution in [1.29, 1.82) is 0 Å². The largest absolute Gasteiger partial charge is 0.328 e. The van der Waals surface area contributed by atoms with Crippen molar-refractivity contribution in [2.75, 3.05) is 0 Å². The van der Waals surface area contributed by atoms with Gasteiger partial charge in [-0.15, -0.1) is 0 Å². The van der Waals surface area contributed by atoms with Crippen molar-refractivity contribution >= 4 is 12.2 Å². The molecule has 0 saturated heterocycles. The van der Waals surface area contributed by atoms with Gasteiger partial charge in [-0.1, -0.05) is 24.6 Å². The molecule has 2 nitrogen and oxygen atoms in total. The van der Waals surface area contributed by atoms with Crippen LogP contribution in [0.25, 0.3) is 11.3 Å². The lowest BCUT2D eigenvalue weighted by Crippen LogP contribution is -2.08. The molecular weight excluding hydrogens is 247 g/mol. The molecule has 1 N–H and O–H groups in total. The van der Waals surface area contributed by atoms with Crippen molar-refractivity contribution < 1.29 is 4.39 Å². The fourth-order valence-electron chi connectivity index (χ4n) is 2.28. The molecule has 1 saturated carbocycles. The first-order valence-corrected chi connectivity index (χ1v) is 6.50. The molecule has 2 aromatic rings. The van der Waals surface area contributed by atoms with E-state index >= 15 is 0 Å². The maximum atomic E-state index is 13.7. The van der Waals surface area contributed by atoms with E-state index in [2.05, 4.69) is 16.0 Å². The van der Waals surface area contributed by atoms with Crippen molar-refractivity contribution in [2.24, 2.45) is 0 Å². The van der Waals surface area contributed by atoms with Gasteiger partial charge in [-0.25, -0.2) is 9.37 Å². The van der Waals surface area contributed by atoms with E-state index in [1.165, 1.54) is 31.0 Å². The Hall–Kier alpha value is -1.55. The van der Waals surface area contributed by atoms with E-state index in [1.54, 1.807) is 0 Å². The van der Waals surface area contributed by atoms with Crippen LogP contribution >= 0.6 is 12.2 Å². The highest BCUT2D eigenvalue weighted by molar-refractivity contribution is 7.71. The number of H-pyrrole nitrogens is 1. The Bertz CT molecular complexity index is 632. The fraction of sp³-hybridized carbons (Fsp3) is 0.286. The van der Waals surface area contributed by atoms with Crippen LogP contribution in [0.3, 0.4) is 0 Å². The molecule has 1 heterocycles. The van der Waals surface area contributed by atoms with E-state index in [0.717, 1.165) is 5.56 Å². The number of aromatic nitrogens is 2. The highest BCUT2D eigenvalue weighted by Gasteiger charge is 2.19. The Labute approximate surface area is 110 Å². The average molecular weight is 260 g/mol. The molecule has 0 atom stereocenters. The second-order valence-electron chi connectivity index (χ2n) is 4.66. The van der Waals surface area contributed by atoms with Gasteiger partial charge in [0.2, 0.25) is 0 Å². The van der Waals surface area contributed by atoms with Crippen LogP contribution in [0.5, 0.6) is 0 Å². The number of hydrogen-bond acceptors (Lipinski definition) is 2. The van der Waals surface area contributed by atoms with Gasteiger partial charge in [0.1, 0.15) is 0 Å². The number of nitrogens with zero attached hydrogens (tertiary/aromatic N) is 1. The van der Waals surface area contributed by atoms with Crippen LogP contribution in [0.2, 0.25) is 0 Å². The monoisotopic (exact) mass is 260 g/mol. The highest BCUT2D eigenvalue weighted by atomic mass is 32.1. The van der Waals surface area contributed by atoms with Gasteiger partial charge >= 0.3 is 0 Å². The summed E-state index contributed by atoms with van der Waals surface area (Å²) >= 11 is 4.94. The van der Waals surface area contributed by atoms with Crippen LogP contribution < -0.4 is 0 Å². The minimum atomic E-state index is -0.366. The topological polar surface area (TPSA) is 28.7 Å². The average Bonchev–Trinajstić information content (AvgIpc) is 2.30. The molecule has 18 heavy (non-hydrogen) atoms. The summed E-state index contributed by atoms with van der Waals surface area (Å²) < 4.78 is 14.0. The summed E-state index contributed by atoms with van der Waals surface area (Å²) in [5.74, 6) is 0.271. The standard InChI is InChI=1S/C14H13FN2S/c15-12-8-16-14(18)17-13(12)11-6-2-5-10(7-11)9-3-1-4-9/h2,5-9H,1,3-4H2,(H,16,17,18). The molecule has 1 aliphatic rings. The zero-order chi connectivity index (χ0) is 12.5. The summed E-state index contributed by atoms with van der Waals surface area (Å²) in [6.45, 7) is 0. The highest BCUT2D eigenvalue weighted by Crippen LogP contribution is 2.37. The molecule has 1 aliphatic carbocycles. The molecule has 1 fully saturated rings. The number of rotatable bonds is 2. The second kappa shape index (κ2) is 4.61. The molecule has 0 spiro atoms. The summed E-state index contributed by atoms with van der Waals surface area (Å²) in [7, 11) is 0. The van der Waals surface area contributed by atoms with Crippen LogP contribution in [0.1, 0.15) is 30.7 Å². The number of nitrogens with one attached hydrogen (secondary N) is 1. The Morgan fingerprint density at radius 2 is 2.17 bits per heavy atom. The Kier molecular flexibility index (Phi) is 2.96. The van der Waals surface area contributed by atoms with Crippen molar-refractivity contribution in [3.63, 3.8) is 0 Å². The molecule has 0 radical (unpaired) electrons. The summed E-state index contributed by atoms with van der Waals surface area (Å²) in [6, 6.07) is 8.03. The Balaban J connectivity index is 2.05. The van der Waals surface area contributed by atoms with Gasteiger partial charge in [0, 0.05) is 5.56 Å². The summed E-state index contributed by atoms with van der Waals surface area (Å²) in [6.07, 6.45) is 4.93. The van der Waals surface area contributed by atoms with Crippen LogP contribution in [-0.2, 0) is 0 Å². The maximum absolute atomic E-state index is 13.7. The molecule has 1 aromatic heterocycles. The molecule has 92 valence electrons. The van der Waals surface area contributed by atoms with E-state index in [0.29, 0.717) is 16.4 Å². The van der Waals surface area contributed by atoms with Crippen LogP contribution in [0, 0.1) is 10.6 Å². The molecule has 0 aliphatic heterocycles. The van der Waals surface area contributed by atoms with Crippen molar-refractivity contribution in [2.45, 2.75) is 25.2 Å². The Morgan fingerprint density at radius 1 is 1.33 bits per heavy atom. The maximum Gasteiger partial charge on any atom is 0.197 e. The molecule has 4 heteroatoms. The third-order valence-corrected chi connectivity index (χ3v) is 3.73. The molecule has 0 bridgehead atoms. The smallest absolute Gasteiger partial charge is 0.197 e. The quantitative estimate of drug-likeness (QED) is 0.819. The third-order valence-electron chi connectivity index (χ3n) is 3.52. The van der Waals surface area contributed by atoms with Gasteiger partial charge in [0.05, 0.1) is 11.9 Å². The van der Waals surface area contributed by atoms with Gasteiger partial charge in [-0.3, -0.25) is 0 Å². The number of halogens is 1. The zero-order valence-corrected chi connectivity index (χ0v) is 10.6. The van der Waals surface area contributed by atoms with E-state index in [9.17, 15) is 4.39 Å². The van der Waals surface area contributed by atoms with Crippen LogP contribution in [0.15, 0.2) is 30.5 Å². The first kappa shape index (κ1) is 11.5. The third kappa shape index (κ3) is 2.08. The first-order chi connectivity index (χ1) is 8.74. The SMILES string of the molecule is Fc1cnc(=S)[nH]c1-c1cccc(C2CCC2)c1. The lowest BCUT2D eigenvalue weighted by molar-refractivity contribution is 0.420. The summed E-state index contributed by atoms with van der Waals surface area (Å²) in [4.78, 5) is 6.56. The van der Waals surface area contributed by atoms with Crippen molar-refractivity contribution in [3.8, 4) is 11.3 Å².